The maximum absolute atomic E-state index is 13.0. The molecular weight excluding hydrogens is 306 g/mol. The minimum atomic E-state index is -0.768. The Balaban J connectivity index is 1.83. The first-order valence-electron chi connectivity index (χ1n) is 8.53. The van der Waals surface area contributed by atoms with Gasteiger partial charge in [0.05, 0.1) is 7.11 Å². The first-order valence-corrected chi connectivity index (χ1v) is 8.53. The standard InChI is InChI=1S/C19H25NO4/c1-11-9-12(2)15(13(3)10-11)16-17(21)18(24-19(16)22)14-5-7-20(23-4)8-6-14/h9-10,14,16,18H,5-8H2,1-4H3. The van der Waals surface area contributed by atoms with Gasteiger partial charge < -0.3 is 9.57 Å². The van der Waals surface area contributed by atoms with Crippen molar-refractivity contribution in [3.63, 3.8) is 0 Å². The van der Waals surface area contributed by atoms with Crippen LogP contribution in [0.1, 0.15) is 41.0 Å². The first-order chi connectivity index (χ1) is 11.4. The van der Waals surface area contributed by atoms with E-state index in [4.69, 9.17) is 9.57 Å². The molecule has 0 amide bonds. The average Bonchev–Trinajstić information content (AvgIpc) is 2.82. The summed E-state index contributed by atoms with van der Waals surface area (Å²) in [5.74, 6) is -1.15. The average molecular weight is 331 g/mol. The maximum atomic E-state index is 13.0. The lowest BCUT2D eigenvalue weighted by Crippen LogP contribution is -2.39. The van der Waals surface area contributed by atoms with Gasteiger partial charge in [0.1, 0.15) is 5.92 Å². The van der Waals surface area contributed by atoms with Crippen LogP contribution >= 0.6 is 0 Å². The van der Waals surface area contributed by atoms with Gasteiger partial charge in [-0.25, -0.2) is 0 Å². The molecule has 1 aromatic rings. The molecule has 2 heterocycles. The fourth-order valence-corrected chi connectivity index (χ4v) is 4.13. The van der Waals surface area contributed by atoms with E-state index in [2.05, 4.69) is 0 Å². The van der Waals surface area contributed by atoms with Crippen LogP contribution in [0.15, 0.2) is 12.1 Å². The summed E-state index contributed by atoms with van der Waals surface area (Å²) < 4.78 is 5.54. The van der Waals surface area contributed by atoms with E-state index in [9.17, 15) is 9.59 Å². The third-order valence-corrected chi connectivity index (χ3v) is 5.26. The van der Waals surface area contributed by atoms with Crippen molar-refractivity contribution in [2.24, 2.45) is 5.92 Å². The Morgan fingerprint density at radius 2 is 1.67 bits per heavy atom. The summed E-state index contributed by atoms with van der Waals surface area (Å²) in [6.07, 6.45) is 0.994. The van der Waals surface area contributed by atoms with Crippen molar-refractivity contribution >= 4 is 11.8 Å². The lowest BCUT2D eigenvalue weighted by Gasteiger charge is -2.31. The molecule has 0 radical (unpaired) electrons. The zero-order valence-corrected chi connectivity index (χ0v) is 14.8. The number of piperidine rings is 1. The second-order valence-corrected chi connectivity index (χ2v) is 6.95. The molecule has 0 aliphatic carbocycles. The van der Waals surface area contributed by atoms with E-state index < -0.39 is 18.0 Å². The number of esters is 1. The van der Waals surface area contributed by atoms with Gasteiger partial charge >= 0.3 is 5.97 Å². The highest BCUT2D eigenvalue weighted by molar-refractivity contribution is 6.11. The Morgan fingerprint density at radius 3 is 2.21 bits per heavy atom. The van der Waals surface area contributed by atoms with Crippen LogP contribution in [0.3, 0.4) is 0 Å². The first kappa shape index (κ1) is 17.1. The van der Waals surface area contributed by atoms with Crippen LogP contribution in [0.4, 0.5) is 0 Å². The minimum Gasteiger partial charge on any atom is -0.453 e. The Kier molecular flexibility index (Phi) is 4.74. The van der Waals surface area contributed by atoms with Crippen LogP contribution in [0.2, 0.25) is 0 Å². The Bertz CT molecular complexity index is 638. The largest absolute Gasteiger partial charge is 0.453 e. The van der Waals surface area contributed by atoms with E-state index in [0.29, 0.717) is 0 Å². The third-order valence-electron chi connectivity index (χ3n) is 5.26. The molecule has 5 nitrogen and oxygen atoms in total. The molecule has 5 heteroatoms. The molecule has 0 N–H and O–H groups in total. The summed E-state index contributed by atoms with van der Waals surface area (Å²) >= 11 is 0. The van der Waals surface area contributed by atoms with E-state index >= 15 is 0 Å². The number of hydrogen-bond acceptors (Lipinski definition) is 5. The van der Waals surface area contributed by atoms with Crippen LogP contribution in [0, 0.1) is 26.7 Å². The van der Waals surface area contributed by atoms with Gasteiger partial charge in [0.25, 0.3) is 0 Å². The number of ether oxygens (including phenoxy) is 1. The van der Waals surface area contributed by atoms with Crippen molar-refractivity contribution in [3.05, 3.63) is 34.4 Å². The lowest BCUT2D eigenvalue weighted by molar-refractivity contribution is -0.161. The summed E-state index contributed by atoms with van der Waals surface area (Å²) in [4.78, 5) is 30.7. The van der Waals surface area contributed by atoms with Crippen LogP contribution in [0.25, 0.3) is 0 Å². The number of rotatable bonds is 3. The van der Waals surface area contributed by atoms with Crippen molar-refractivity contribution < 1.29 is 19.2 Å². The van der Waals surface area contributed by atoms with Crippen LogP contribution in [0.5, 0.6) is 0 Å². The summed E-state index contributed by atoms with van der Waals surface area (Å²) in [5.41, 5.74) is 3.93. The van der Waals surface area contributed by atoms with Crippen molar-refractivity contribution in [2.75, 3.05) is 20.2 Å². The smallest absolute Gasteiger partial charge is 0.321 e. The highest BCUT2D eigenvalue weighted by Crippen LogP contribution is 2.37. The van der Waals surface area contributed by atoms with Gasteiger partial charge in [-0.2, -0.15) is 5.06 Å². The Morgan fingerprint density at radius 1 is 1.08 bits per heavy atom. The topological polar surface area (TPSA) is 55.8 Å². The Hall–Kier alpha value is -1.72. The number of aryl methyl sites for hydroxylation is 3. The normalized spacial score (nSPS) is 26.0. The second-order valence-electron chi connectivity index (χ2n) is 6.95. The predicted molar refractivity (Wildman–Crippen MR) is 89.6 cm³/mol. The molecule has 0 spiro atoms. The molecule has 0 aromatic heterocycles. The molecule has 1 aromatic carbocycles. The zero-order chi connectivity index (χ0) is 17.4. The van der Waals surface area contributed by atoms with Gasteiger partial charge in [0, 0.05) is 19.0 Å². The summed E-state index contributed by atoms with van der Waals surface area (Å²) in [7, 11) is 1.65. The number of carbonyl (C=O) groups is 2. The van der Waals surface area contributed by atoms with Gasteiger partial charge in [-0.3, -0.25) is 9.59 Å². The summed E-state index contributed by atoms with van der Waals surface area (Å²) in [5, 5.41) is 1.88. The third kappa shape index (κ3) is 2.98. The molecule has 0 saturated carbocycles. The molecule has 3 rings (SSSR count). The fraction of sp³-hybridized carbons (Fsp3) is 0.579. The molecule has 24 heavy (non-hydrogen) atoms. The highest BCUT2D eigenvalue weighted by Gasteiger charge is 2.49. The van der Waals surface area contributed by atoms with Crippen molar-refractivity contribution in [2.45, 2.75) is 45.6 Å². The van der Waals surface area contributed by atoms with E-state index in [1.807, 2.05) is 38.0 Å². The number of benzene rings is 1. The van der Waals surface area contributed by atoms with Crippen LogP contribution < -0.4 is 0 Å². The highest BCUT2D eigenvalue weighted by atomic mass is 16.7. The number of hydrogen-bond donors (Lipinski definition) is 0. The molecule has 0 bridgehead atoms. The van der Waals surface area contributed by atoms with E-state index in [1.165, 1.54) is 0 Å². The molecule has 130 valence electrons. The van der Waals surface area contributed by atoms with Gasteiger partial charge in [0.2, 0.25) is 0 Å². The quantitative estimate of drug-likeness (QED) is 0.629. The molecule has 2 fully saturated rings. The van der Waals surface area contributed by atoms with Crippen molar-refractivity contribution in [3.8, 4) is 0 Å². The zero-order valence-electron chi connectivity index (χ0n) is 14.8. The number of Topliss-reactive ketones (excluding diaryl/α,β-unsaturated/α-hetero) is 1. The number of ketones is 1. The van der Waals surface area contributed by atoms with Crippen molar-refractivity contribution in [1.82, 2.24) is 5.06 Å². The van der Waals surface area contributed by atoms with E-state index in [0.717, 1.165) is 48.2 Å². The monoisotopic (exact) mass is 331 g/mol. The molecule has 2 unspecified atom stereocenters. The molecule has 2 atom stereocenters. The minimum absolute atomic E-state index is 0.0779. The van der Waals surface area contributed by atoms with Gasteiger partial charge in [-0.05, 0) is 50.3 Å². The Labute approximate surface area is 142 Å². The molecule has 2 aliphatic rings. The second kappa shape index (κ2) is 6.65. The molecule has 2 saturated heterocycles. The molecular formula is C19H25NO4. The number of cyclic esters (lactones) is 1. The SMILES string of the molecule is CON1CCC(C2OC(=O)C(c3c(C)cc(C)cc3C)C2=O)CC1. The van der Waals surface area contributed by atoms with Crippen molar-refractivity contribution in [1.29, 1.82) is 0 Å². The number of hydroxylamine groups is 2. The van der Waals surface area contributed by atoms with Gasteiger partial charge in [0.15, 0.2) is 11.9 Å². The fourth-order valence-electron chi connectivity index (χ4n) is 4.13. The lowest BCUT2D eigenvalue weighted by atomic mass is 9.82. The molecule has 2 aliphatic heterocycles. The van der Waals surface area contributed by atoms with Gasteiger partial charge in [-0.1, -0.05) is 17.7 Å². The van der Waals surface area contributed by atoms with E-state index in [1.54, 1.807) is 7.11 Å². The predicted octanol–water partition coefficient (Wildman–Crippen LogP) is 2.46. The number of carbonyl (C=O) groups excluding carboxylic acids is 2. The maximum Gasteiger partial charge on any atom is 0.321 e. The van der Waals surface area contributed by atoms with E-state index in [-0.39, 0.29) is 11.7 Å². The summed E-state index contributed by atoms with van der Waals surface area (Å²) in [6, 6.07) is 4.04. The van der Waals surface area contributed by atoms with Crippen LogP contribution in [-0.2, 0) is 19.2 Å². The van der Waals surface area contributed by atoms with Crippen LogP contribution in [-0.4, -0.2) is 43.1 Å². The summed E-state index contributed by atoms with van der Waals surface area (Å²) in [6.45, 7) is 7.46. The number of nitrogens with zero attached hydrogens (tertiary/aromatic N) is 1. The van der Waals surface area contributed by atoms with Gasteiger partial charge in [-0.15, -0.1) is 0 Å².